The molecule has 0 spiro atoms. The van der Waals surface area contributed by atoms with Crippen LogP contribution >= 0.6 is 0 Å². The molecule has 3 nitrogen and oxygen atoms in total. The fraction of sp³-hybridized carbons (Fsp3) is 1.00. The normalized spacial score (nSPS) is 45.3. The summed E-state index contributed by atoms with van der Waals surface area (Å²) in [6.07, 6.45) is 6.91. The molecule has 18 heavy (non-hydrogen) atoms. The fourth-order valence-corrected chi connectivity index (χ4v) is 4.67. The molecule has 0 saturated carbocycles. The Hall–Kier alpha value is -0.120. The van der Waals surface area contributed by atoms with Crippen molar-refractivity contribution in [3.63, 3.8) is 0 Å². The van der Waals surface area contributed by atoms with Gasteiger partial charge in [0.1, 0.15) is 0 Å². The van der Waals surface area contributed by atoms with Crippen molar-refractivity contribution in [2.24, 2.45) is 17.6 Å². The molecule has 3 heteroatoms. The second-order valence-corrected chi connectivity index (χ2v) is 6.72. The van der Waals surface area contributed by atoms with E-state index in [4.69, 9.17) is 5.73 Å². The first-order chi connectivity index (χ1) is 8.78. The SMILES string of the molecule is CCC1CCCN(C2(CN)CN3CCC2CC3)C1. The number of fused-ring (bicyclic) bond motifs is 3. The van der Waals surface area contributed by atoms with Crippen molar-refractivity contribution in [1.82, 2.24) is 9.80 Å². The molecular weight excluding hydrogens is 222 g/mol. The van der Waals surface area contributed by atoms with E-state index in [0.29, 0.717) is 5.54 Å². The largest absolute Gasteiger partial charge is 0.329 e. The van der Waals surface area contributed by atoms with Crippen LogP contribution < -0.4 is 5.73 Å². The molecule has 2 atom stereocenters. The summed E-state index contributed by atoms with van der Waals surface area (Å²) >= 11 is 0. The summed E-state index contributed by atoms with van der Waals surface area (Å²) in [5.74, 6) is 1.78. The molecule has 0 aromatic carbocycles. The average molecular weight is 251 g/mol. The van der Waals surface area contributed by atoms with Crippen LogP contribution in [0.25, 0.3) is 0 Å². The lowest BCUT2D eigenvalue weighted by Crippen LogP contribution is -2.71. The van der Waals surface area contributed by atoms with E-state index in [1.54, 1.807) is 0 Å². The minimum atomic E-state index is 0.324. The summed E-state index contributed by atoms with van der Waals surface area (Å²) in [5.41, 5.74) is 6.60. The zero-order valence-corrected chi connectivity index (χ0v) is 11.9. The zero-order chi connectivity index (χ0) is 12.6. The Bertz CT molecular complexity index is 285. The highest BCUT2D eigenvalue weighted by atomic mass is 15.3. The first kappa shape index (κ1) is 12.9. The van der Waals surface area contributed by atoms with Gasteiger partial charge in [0.05, 0.1) is 0 Å². The van der Waals surface area contributed by atoms with Gasteiger partial charge in [-0.15, -0.1) is 0 Å². The maximum atomic E-state index is 6.27. The summed E-state index contributed by atoms with van der Waals surface area (Å²) in [5, 5.41) is 0. The van der Waals surface area contributed by atoms with Gasteiger partial charge in [0.15, 0.2) is 0 Å². The Morgan fingerprint density at radius 3 is 2.50 bits per heavy atom. The summed E-state index contributed by atoms with van der Waals surface area (Å²) in [6.45, 7) is 9.68. The van der Waals surface area contributed by atoms with E-state index in [2.05, 4.69) is 16.7 Å². The number of nitrogens with zero attached hydrogens (tertiary/aromatic N) is 2. The highest BCUT2D eigenvalue weighted by Crippen LogP contribution is 2.41. The number of hydrogen-bond donors (Lipinski definition) is 1. The van der Waals surface area contributed by atoms with Gasteiger partial charge in [0.2, 0.25) is 0 Å². The molecule has 4 aliphatic heterocycles. The maximum Gasteiger partial charge on any atom is 0.0487 e. The van der Waals surface area contributed by atoms with Crippen LogP contribution in [-0.4, -0.2) is 54.6 Å². The zero-order valence-electron chi connectivity index (χ0n) is 11.9. The molecule has 2 N–H and O–H groups in total. The van der Waals surface area contributed by atoms with Gasteiger partial charge in [0, 0.05) is 25.2 Å². The summed E-state index contributed by atoms with van der Waals surface area (Å²) in [6, 6.07) is 0. The third-order valence-corrected chi connectivity index (χ3v) is 5.92. The first-order valence-corrected chi connectivity index (χ1v) is 7.96. The van der Waals surface area contributed by atoms with Gasteiger partial charge in [-0.1, -0.05) is 13.3 Å². The standard InChI is InChI=1S/C15H29N3/c1-2-13-4-3-7-18(10-13)15(11-16)12-17-8-5-14(15)6-9-17/h13-14H,2-12,16H2,1H3. The van der Waals surface area contributed by atoms with Gasteiger partial charge < -0.3 is 10.6 Å². The Morgan fingerprint density at radius 1 is 1.17 bits per heavy atom. The Kier molecular flexibility index (Phi) is 3.65. The molecule has 0 aliphatic carbocycles. The van der Waals surface area contributed by atoms with E-state index in [1.807, 2.05) is 0 Å². The number of nitrogens with two attached hydrogens (primary N) is 1. The van der Waals surface area contributed by atoms with E-state index in [-0.39, 0.29) is 0 Å². The number of hydrogen-bond acceptors (Lipinski definition) is 3. The molecule has 4 fully saturated rings. The molecule has 4 rings (SSSR count). The quantitative estimate of drug-likeness (QED) is 0.826. The molecule has 4 aliphatic rings. The van der Waals surface area contributed by atoms with Crippen LogP contribution in [-0.2, 0) is 0 Å². The van der Waals surface area contributed by atoms with Crippen molar-refractivity contribution in [3.05, 3.63) is 0 Å². The lowest BCUT2D eigenvalue weighted by atomic mass is 9.70. The van der Waals surface area contributed by atoms with Crippen molar-refractivity contribution in [2.45, 2.75) is 44.6 Å². The van der Waals surface area contributed by atoms with Gasteiger partial charge in [-0.3, -0.25) is 4.90 Å². The minimum absolute atomic E-state index is 0.324. The third-order valence-electron chi connectivity index (χ3n) is 5.92. The predicted molar refractivity (Wildman–Crippen MR) is 75.5 cm³/mol. The molecule has 0 amide bonds. The Morgan fingerprint density at radius 2 is 1.94 bits per heavy atom. The van der Waals surface area contributed by atoms with Crippen molar-refractivity contribution in [3.8, 4) is 0 Å². The summed E-state index contributed by atoms with van der Waals surface area (Å²) in [7, 11) is 0. The predicted octanol–water partition coefficient (Wildman–Crippen LogP) is 1.53. The highest BCUT2D eigenvalue weighted by molar-refractivity contribution is 5.06. The van der Waals surface area contributed by atoms with Gasteiger partial charge in [0.25, 0.3) is 0 Å². The van der Waals surface area contributed by atoms with E-state index < -0.39 is 0 Å². The topological polar surface area (TPSA) is 32.5 Å². The number of rotatable bonds is 3. The van der Waals surface area contributed by atoms with Crippen LogP contribution in [0.5, 0.6) is 0 Å². The third kappa shape index (κ3) is 2.00. The van der Waals surface area contributed by atoms with Gasteiger partial charge in [-0.25, -0.2) is 0 Å². The first-order valence-electron chi connectivity index (χ1n) is 7.96. The second kappa shape index (κ2) is 5.10. The molecule has 2 unspecified atom stereocenters. The lowest BCUT2D eigenvalue weighted by molar-refractivity contribution is -0.0818. The second-order valence-electron chi connectivity index (χ2n) is 6.72. The maximum absolute atomic E-state index is 6.27. The monoisotopic (exact) mass is 251 g/mol. The van der Waals surface area contributed by atoms with E-state index in [0.717, 1.165) is 18.4 Å². The molecule has 0 radical (unpaired) electrons. The van der Waals surface area contributed by atoms with Gasteiger partial charge in [-0.05, 0) is 57.2 Å². The van der Waals surface area contributed by atoms with E-state index in [1.165, 1.54) is 64.8 Å². The van der Waals surface area contributed by atoms with Crippen molar-refractivity contribution >= 4 is 0 Å². The van der Waals surface area contributed by atoms with Crippen molar-refractivity contribution in [1.29, 1.82) is 0 Å². The average Bonchev–Trinajstić information content (AvgIpc) is 2.48. The van der Waals surface area contributed by atoms with E-state index in [9.17, 15) is 0 Å². The van der Waals surface area contributed by atoms with Gasteiger partial charge in [-0.2, -0.15) is 0 Å². The van der Waals surface area contributed by atoms with Crippen molar-refractivity contribution < 1.29 is 0 Å². The molecule has 104 valence electrons. The molecule has 2 bridgehead atoms. The highest BCUT2D eigenvalue weighted by Gasteiger charge is 2.49. The Labute approximate surface area is 112 Å². The molecule has 4 saturated heterocycles. The van der Waals surface area contributed by atoms with Crippen LogP contribution in [0.1, 0.15) is 39.0 Å². The van der Waals surface area contributed by atoms with Crippen LogP contribution in [0, 0.1) is 11.8 Å². The number of piperidine rings is 4. The number of likely N-dealkylation sites (tertiary alicyclic amines) is 1. The van der Waals surface area contributed by atoms with Crippen LogP contribution in [0.2, 0.25) is 0 Å². The molecular formula is C15H29N3. The fourth-order valence-electron chi connectivity index (χ4n) is 4.67. The Balaban J connectivity index is 1.78. The van der Waals surface area contributed by atoms with Crippen LogP contribution in [0.3, 0.4) is 0 Å². The lowest BCUT2D eigenvalue weighted by Gasteiger charge is -2.59. The van der Waals surface area contributed by atoms with Crippen LogP contribution in [0.4, 0.5) is 0 Å². The molecule has 4 heterocycles. The van der Waals surface area contributed by atoms with E-state index >= 15 is 0 Å². The summed E-state index contributed by atoms with van der Waals surface area (Å²) in [4.78, 5) is 5.45. The van der Waals surface area contributed by atoms with Crippen LogP contribution in [0.15, 0.2) is 0 Å². The molecule has 0 aromatic heterocycles. The smallest absolute Gasteiger partial charge is 0.0487 e. The van der Waals surface area contributed by atoms with Crippen molar-refractivity contribution in [2.75, 3.05) is 39.3 Å². The molecule has 0 aromatic rings. The summed E-state index contributed by atoms with van der Waals surface area (Å²) < 4.78 is 0. The minimum Gasteiger partial charge on any atom is -0.329 e. The van der Waals surface area contributed by atoms with Gasteiger partial charge >= 0.3 is 0 Å².